The predicted molar refractivity (Wildman–Crippen MR) is 261 cm³/mol. The molecule has 0 saturated heterocycles. The van der Waals surface area contributed by atoms with Gasteiger partial charge in [-0.2, -0.15) is 0 Å². The van der Waals surface area contributed by atoms with Gasteiger partial charge in [-0.3, -0.25) is 0 Å². The third kappa shape index (κ3) is 6.25. The highest BCUT2D eigenvalue weighted by Crippen LogP contribution is 2.42. The molecule has 6 aromatic carbocycles. The molecule has 0 radical (unpaired) electrons. The number of aryl methyl sites for hydroxylation is 4. The van der Waals surface area contributed by atoms with E-state index in [0.29, 0.717) is 5.92 Å². The molecule has 0 fully saturated rings. The lowest BCUT2D eigenvalue weighted by atomic mass is 9.77. The summed E-state index contributed by atoms with van der Waals surface area (Å²) in [6.45, 7) is 27.0. The van der Waals surface area contributed by atoms with E-state index in [1.807, 2.05) is 18.2 Å². The number of furan rings is 1. The van der Waals surface area contributed by atoms with E-state index in [4.69, 9.17) is 4.42 Å². The molecule has 1 unspecified atom stereocenters. The highest BCUT2D eigenvalue weighted by atomic mass is 16.3. The second-order valence-electron chi connectivity index (χ2n) is 17.0. The van der Waals surface area contributed by atoms with Crippen molar-refractivity contribution < 1.29 is 4.42 Å². The first-order chi connectivity index (χ1) is 29.0. The summed E-state index contributed by atoms with van der Waals surface area (Å²) in [6, 6.07) is 35.2. The van der Waals surface area contributed by atoms with Crippen molar-refractivity contribution >= 4 is 73.0 Å². The molecule has 0 spiro atoms. The molecule has 60 heavy (non-hydrogen) atoms. The zero-order valence-corrected chi connectivity index (χ0v) is 36.3. The van der Waals surface area contributed by atoms with Crippen LogP contribution < -0.4 is 10.4 Å². The van der Waals surface area contributed by atoms with Crippen molar-refractivity contribution in [2.45, 2.75) is 61.8 Å². The maximum Gasteiger partial charge on any atom is 0.143 e. The van der Waals surface area contributed by atoms with Crippen molar-refractivity contribution in [2.24, 2.45) is 5.92 Å². The Labute approximate surface area is 354 Å². The van der Waals surface area contributed by atoms with Crippen LogP contribution in [-0.2, 0) is 0 Å². The Morgan fingerprint density at radius 2 is 1.45 bits per heavy atom. The number of para-hydroxylation sites is 3. The minimum absolute atomic E-state index is 0.383. The van der Waals surface area contributed by atoms with Gasteiger partial charge in [0.05, 0.1) is 5.52 Å². The Morgan fingerprint density at radius 3 is 2.18 bits per heavy atom. The number of fused-ring (bicyclic) bond motifs is 5. The van der Waals surface area contributed by atoms with Crippen LogP contribution in [0.3, 0.4) is 0 Å². The van der Waals surface area contributed by atoms with E-state index in [1.54, 1.807) is 0 Å². The molecule has 8 aromatic rings. The van der Waals surface area contributed by atoms with E-state index in [-0.39, 0.29) is 0 Å². The van der Waals surface area contributed by atoms with Gasteiger partial charge in [0.1, 0.15) is 11.2 Å². The average Bonchev–Trinajstić information content (AvgIpc) is 3.74. The topological polar surface area (TPSA) is 18.1 Å². The molecular weight excluding hydrogens is 727 g/mol. The summed E-state index contributed by atoms with van der Waals surface area (Å²) in [6.07, 6.45) is 14.4. The minimum Gasteiger partial charge on any atom is -0.455 e. The summed E-state index contributed by atoms with van der Waals surface area (Å²) in [4.78, 5) is 0. The lowest BCUT2D eigenvalue weighted by molar-refractivity contribution is 0.668. The third-order valence-corrected chi connectivity index (χ3v) is 12.8. The zero-order chi connectivity index (χ0) is 42.0. The summed E-state index contributed by atoms with van der Waals surface area (Å²) < 4.78 is 8.87. The van der Waals surface area contributed by atoms with E-state index >= 15 is 0 Å². The molecule has 2 aromatic heterocycles. The smallest absolute Gasteiger partial charge is 0.143 e. The number of nitrogens with zero attached hydrogens (tertiary/aromatic N) is 1. The first-order valence-corrected chi connectivity index (χ1v) is 21.2. The molecule has 296 valence electrons. The van der Waals surface area contributed by atoms with E-state index in [0.717, 1.165) is 50.9 Å². The normalized spacial score (nSPS) is 15.4. The lowest BCUT2D eigenvalue weighted by Crippen LogP contribution is -2.32. The number of hydrogen-bond acceptors (Lipinski definition) is 1. The monoisotopic (exact) mass is 779 g/mol. The van der Waals surface area contributed by atoms with Crippen molar-refractivity contribution in [3.05, 3.63) is 189 Å². The van der Waals surface area contributed by atoms with Crippen LogP contribution in [-0.4, -0.2) is 4.57 Å². The van der Waals surface area contributed by atoms with Crippen molar-refractivity contribution in [2.75, 3.05) is 0 Å². The van der Waals surface area contributed by atoms with Gasteiger partial charge in [-0.25, -0.2) is 0 Å². The molecule has 2 heteroatoms. The van der Waals surface area contributed by atoms with Gasteiger partial charge in [-0.1, -0.05) is 134 Å². The van der Waals surface area contributed by atoms with Crippen LogP contribution >= 0.6 is 0 Å². The minimum atomic E-state index is 0.383. The Bertz CT molecular complexity index is 3330. The molecule has 9 rings (SSSR count). The lowest BCUT2D eigenvalue weighted by Gasteiger charge is -2.27. The predicted octanol–water partition coefficient (Wildman–Crippen LogP) is 14.8. The molecule has 0 aliphatic heterocycles. The number of allylic oxidation sites excluding steroid dienone is 7. The van der Waals surface area contributed by atoms with Gasteiger partial charge in [0, 0.05) is 33.1 Å². The summed E-state index contributed by atoms with van der Waals surface area (Å²) in [5.74, 6) is 0.383. The quantitative estimate of drug-likeness (QED) is 0.147. The van der Waals surface area contributed by atoms with Gasteiger partial charge < -0.3 is 8.98 Å². The molecule has 2 heterocycles. The molecular formula is C58H53NO. The van der Waals surface area contributed by atoms with Crippen molar-refractivity contribution in [1.82, 2.24) is 4.57 Å². The van der Waals surface area contributed by atoms with E-state index in [1.165, 1.54) is 87.8 Å². The number of aromatic nitrogens is 1. The van der Waals surface area contributed by atoms with Crippen LogP contribution in [0.5, 0.6) is 0 Å². The van der Waals surface area contributed by atoms with Gasteiger partial charge in [0.15, 0.2) is 0 Å². The van der Waals surface area contributed by atoms with E-state index < -0.39 is 0 Å². The molecule has 0 saturated carbocycles. The highest BCUT2D eigenvalue weighted by molar-refractivity contribution is 6.09. The molecule has 1 atom stereocenters. The maximum atomic E-state index is 6.43. The average molecular weight is 780 g/mol. The van der Waals surface area contributed by atoms with E-state index in [2.05, 4.69) is 188 Å². The second-order valence-corrected chi connectivity index (χ2v) is 17.0. The molecule has 1 aliphatic carbocycles. The Kier molecular flexibility index (Phi) is 9.84. The maximum absolute atomic E-state index is 6.43. The molecule has 1 aliphatic rings. The van der Waals surface area contributed by atoms with Crippen LogP contribution in [0, 0.1) is 33.6 Å². The summed E-state index contributed by atoms with van der Waals surface area (Å²) in [5, 5.41) is 8.43. The van der Waals surface area contributed by atoms with Gasteiger partial charge in [0.2, 0.25) is 0 Å². The fraction of sp³-hybridized carbons (Fsp3) is 0.172. The molecule has 0 N–H and O–H groups in total. The SMILES string of the molecule is C=C/C=c1/c(-c2c(C)cc(C)cc2C)c2cc(-n3c(/C=C\C(=C)c4cccc5c4oc4ccccc45)c(C)c4ccccc43)ccc2c(C2=C(C)C=C(C)CC2C)/c1=C/C. The number of hydrogen-bond donors (Lipinski definition) is 0. The largest absolute Gasteiger partial charge is 0.455 e. The van der Waals surface area contributed by atoms with Crippen LogP contribution in [0.15, 0.2) is 144 Å². The van der Waals surface area contributed by atoms with Crippen LogP contribution in [0.25, 0.3) is 89.8 Å². The van der Waals surface area contributed by atoms with Crippen molar-refractivity contribution in [1.29, 1.82) is 0 Å². The Morgan fingerprint density at radius 1 is 0.733 bits per heavy atom. The van der Waals surface area contributed by atoms with Crippen molar-refractivity contribution in [3.63, 3.8) is 0 Å². The summed E-state index contributed by atoms with van der Waals surface area (Å²) in [7, 11) is 0. The van der Waals surface area contributed by atoms with Gasteiger partial charge in [-0.15, -0.1) is 0 Å². The van der Waals surface area contributed by atoms with Crippen molar-refractivity contribution in [3.8, 4) is 16.8 Å². The van der Waals surface area contributed by atoms with Gasteiger partial charge >= 0.3 is 0 Å². The molecule has 0 bridgehead atoms. The summed E-state index contributed by atoms with van der Waals surface area (Å²) >= 11 is 0. The second kappa shape index (κ2) is 15.2. The van der Waals surface area contributed by atoms with E-state index in [9.17, 15) is 0 Å². The highest BCUT2D eigenvalue weighted by Gasteiger charge is 2.25. The molecule has 2 nitrogen and oxygen atoms in total. The van der Waals surface area contributed by atoms with Crippen LogP contribution in [0.4, 0.5) is 0 Å². The van der Waals surface area contributed by atoms with Gasteiger partial charge in [0.25, 0.3) is 0 Å². The number of benzene rings is 6. The first kappa shape index (κ1) is 38.9. The van der Waals surface area contributed by atoms with Gasteiger partial charge in [-0.05, 0) is 162 Å². The fourth-order valence-corrected chi connectivity index (χ4v) is 10.5. The van der Waals surface area contributed by atoms with Crippen LogP contribution in [0.1, 0.15) is 73.2 Å². The fourth-order valence-electron chi connectivity index (χ4n) is 10.5. The zero-order valence-electron chi connectivity index (χ0n) is 36.3. The Hall–Kier alpha value is -6.64. The third-order valence-electron chi connectivity index (χ3n) is 12.8. The standard InChI is InChI=1S/C58H53NO/c1-11-18-47-43(12-2)56(54-37(6)29-34(3)30-38(54)7)48-27-26-42(33-50(48)57(47)55-39(8)31-35(4)32-40(55)9)59-51(41(10)45-19-13-15-23-52(45)59)28-25-36(5)44-21-17-22-49-46-20-14-16-24-53(46)60-58(44)49/h11-29,31-33,38H,1,5,30H2,2-4,6-10H3/b28-25-,43-12+,47-18+. The molecule has 0 amide bonds. The summed E-state index contributed by atoms with van der Waals surface area (Å²) in [5.41, 5.74) is 20.2. The number of rotatable bonds is 7. The van der Waals surface area contributed by atoms with Crippen LogP contribution in [0.2, 0.25) is 0 Å². The Balaban J connectivity index is 1.34. The first-order valence-electron chi connectivity index (χ1n) is 21.2.